The average molecular weight is 296 g/mol. The first kappa shape index (κ1) is 16.5. The molecule has 20 heavy (non-hydrogen) atoms. The van der Waals surface area contributed by atoms with Crippen LogP contribution in [-0.4, -0.2) is 54.6 Å². The number of likely N-dealkylation sites (N-methyl/N-ethyl adjacent to an activating group) is 1. The number of nitrogens with zero attached hydrogens (tertiary/aromatic N) is 2. The molecule has 0 saturated carbocycles. The Balaban J connectivity index is 2.45. The summed E-state index contributed by atoms with van der Waals surface area (Å²) in [6.45, 7) is 1.96. The molecule has 110 valence electrons. The monoisotopic (exact) mass is 296 g/mol. The van der Waals surface area contributed by atoms with Crippen LogP contribution in [0.3, 0.4) is 0 Å². The quantitative estimate of drug-likeness (QED) is 0.515. The first-order valence-corrected chi connectivity index (χ1v) is 6.62. The molecule has 0 aromatic carbocycles. The van der Waals surface area contributed by atoms with E-state index >= 15 is 0 Å². The van der Waals surface area contributed by atoms with E-state index in [1.807, 2.05) is 24.1 Å². The Hall–Kier alpha value is -1.57. The Morgan fingerprint density at radius 1 is 1.60 bits per heavy atom. The molecule has 1 amide bonds. The number of nitrogens with one attached hydrogen (secondary N) is 1. The fourth-order valence-corrected chi connectivity index (χ4v) is 1.78. The summed E-state index contributed by atoms with van der Waals surface area (Å²) in [5.41, 5.74) is 7.14. The highest BCUT2D eigenvalue weighted by atomic mass is 32.1. The van der Waals surface area contributed by atoms with Crippen LogP contribution >= 0.6 is 12.2 Å². The van der Waals surface area contributed by atoms with Gasteiger partial charge in [0.25, 0.3) is 0 Å². The number of aromatic nitrogens is 1. The molecule has 0 aliphatic heterocycles. The van der Waals surface area contributed by atoms with Crippen LogP contribution in [0.1, 0.15) is 11.3 Å². The summed E-state index contributed by atoms with van der Waals surface area (Å²) in [5.74, 6) is -0.0341. The maximum absolute atomic E-state index is 11.6. The highest BCUT2D eigenvalue weighted by Crippen LogP contribution is 2.04. The standard InChI is InChI=1S/C13H20N4O2S/c1-17(9-12(18)16-5-6-19-2)8-10-3-4-15-11(7-10)13(14)20/h3-4,7H,5-6,8-9H2,1-2H3,(H2,14,20)(H,16,18). The first-order chi connectivity index (χ1) is 9.52. The van der Waals surface area contributed by atoms with Crippen LogP contribution in [0.2, 0.25) is 0 Å². The zero-order valence-electron chi connectivity index (χ0n) is 11.8. The summed E-state index contributed by atoms with van der Waals surface area (Å²) < 4.78 is 4.87. The van der Waals surface area contributed by atoms with Crippen LogP contribution < -0.4 is 11.1 Å². The number of nitrogens with two attached hydrogens (primary N) is 1. The number of carbonyl (C=O) groups is 1. The van der Waals surface area contributed by atoms with Gasteiger partial charge in [-0.05, 0) is 24.7 Å². The molecule has 0 unspecified atom stereocenters. The van der Waals surface area contributed by atoms with Crippen LogP contribution in [0.25, 0.3) is 0 Å². The Morgan fingerprint density at radius 2 is 2.35 bits per heavy atom. The van der Waals surface area contributed by atoms with Gasteiger partial charge in [-0.1, -0.05) is 12.2 Å². The van der Waals surface area contributed by atoms with Crippen LogP contribution in [0.5, 0.6) is 0 Å². The van der Waals surface area contributed by atoms with Crippen LogP contribution in [0.4, 0.5) is 0 Å². The minimum Gasteiger partial charge on any atom is -0.388 e. The van der Waals surface area contributed by atoms with Crippen molar-refractivity contribution in [3.05, 3.63) is 29.6 Å². The molecule has 3 N–H and O–H groups in total. The van der Waals surface area contributed by atoms with Gasteiger partial charge in [0.15, 0.2) is 0 Å². The molecule has 1 rings (SSSR count). The zero-order valence-corrected chi connectivity index (χ0v) is 12.6. The number of rotatable bonds is 8. The van der Waals surface area contributed by atoms with Gasteiger partial charge in [0.2, 0.25) is 5.91 Å². The number of hydrogen-bond donors (Lipinski definition) is 2. The normalized spacial score (nSPS) is 10.6. The molecule has 0 aliphatic carbocycles. The first-order valence-electron chi connectivity index (χ1n) is 6.22. The van der Waals surface area contributed by atoms with Gasteiger partial charge >= 0.3 is 0 Å². The fourth-order valence-electron chi connectivity index (χ4n) is 1.67. The third-order valence-electron chi connectivity index (χ3n) is 2.57. The van der Waals surface area contributed by atoms with Gasteiger partial charge in [-0.25, -0.2) is 0 Å². The van der Waals surface area contributed by atoms with Gasteiger partial charge in [0.05, 0.1) is 18.8 Å². The average Bonchev–Trinajstić information content (AvgIpc) is 2.39. The lowest BCUT2D eigenvalue weighted by molar-refractivity contribution is -0.122. The molecule has 0 atom stereocenters. The van der Waals surface area contributed by atoms with Crippen molar-refractivity contribution in [3.8, 4) is 0 Å². The highest BCUT2D eigenvalue weighted by molar-refractivity contribution is 7.80. The maximum atomic E-state index is 11.6. The van der Waals surface area contributed by atoms with Crippen molar-refractivity contribution in [2.45, 2.75) is 6.54 Å². The molecule has 0 bridgehead atoms. The maximum Gasteiger partial charge on any atom is 0.234 e. The third-order valence-corrected chi connectivity index (χ3v) is 2.78. The molecular weight excluding hydrogens is 276 g/mol. The van der Waals surface area contributed by atoms with E-state index in [0.717, 1.165) is 5.56 Å². The Labute approximate surface area is 124 Å². The van der Waals surface area contributed by atoms with Gasteiger partial charge in [-0.2, -0.15) is 0 Å². The predicted molar refractivity (Wildman–Crippen MR) is 81.3 cm³/mol. The highest BCUT2D eigenvalue weighted by Gasteiger charge is 2.07. The van der Waals surface area contributed by atoms with E-state index in [4.69, 9.17) is 22.7 Å². The SMILES string of the molecule is COCCNC(=O)CN(C)Cc1ccnc(C(N)=S)c1. The fraction of sp³-hybridized carbons (Fsp3) is 0.462. The van der Waals surface area contributed by atoms with E-state index in [-0.39, 0.29) is 10.9 Å². The summed E-state index contributed by atoms with van der Waals surface area (Å²) >= 11 is 4.89. The van der Waals surface area contributed by atoms with E-state index in [0.29, 0.717) is 31.9 Å². The van der Waals surface area contributed by atoms with Crippen molar-refractivity contribution >= 4 is 23.1 Å². The van der Waals surface area contributed by atoms with Gasteiger partial charge in [-0.15, -0.1) is 0 Å². The third kappa shape index (κ3) is 6.05. The number of amides is 1. The molecule has 0 saturated heterocycles. The molecule has 0 spiro atoms. The topological polar surface area (TPSA) is 80.5 Å². The van der Waals surface area contributed by atoms with Gasteiger partial charge in [0.1, 0.15) is 4.99 Å². The summed E-state index contributed by atoms with van der Waals surface area (Å²) in [4.78, 5) is 17.9. The van der Waals surface area contributed by atoms with Crippen LogP contribution in [0, 0.1) is 0 Å². The summed E-state index contributed by atoms with van der Waals surface area (Å²) in [6.07, 6.45) is 1.66. The molecular formula is C13H20N4O2S. The molecule has 0 radical (unpaired) electrons. The molecule has 1 aromatic heterocycles. The largest absolute Gasteiger partial charge is 0.388 e. The summed E-state index contributed by atoms with van der Waals surface area (Å²) in [7, 11) is 3.47. The lowest BCUT2D eigenvalue weighted by atomic mass is 10.2. The van der Waals surface area contributed by atoms with E-state index in [1.54, 1.807) is 13.3 Å². The number of hydrogen-bond acceptors (Lipinski definition) is 5. The number of pyridine rings is 1. The zero-order chi connectivity index (χ0) is 15.0. The molecule has 1 heterocycles. The second kappa shape index (κ2) is 8.57. The summed E-state index contributed by atoms with van der Waals surface area (Å²) in [5, 5.41) is 2.77. The van der Waals surface area contributed by atoms with Crippen molar-refractivity contribution in [3.63, 3.8) is 0 Å². The Bertz CT molecular complexity index is 467. The van der Waals surface area contributed by atoms with Crippen LogP contribution in [-0.2, 0) is 16.1 Å². The van der Waals surface area contributed by atoms with E-state index in [1.165, 1.54) is 0 Å². The molecule has 1 aromatic rings. The minimum atomic E-state index is -0.0341. The van der Waals surface area contributed by atoms with Crippen molar-refractivity contribution in [2.24, 2.45) is 5.73 Å². The smallest absolute Gasteiger partial charge is 0.234 e. The predicted octanol–water partition coefficient (Wildman–Crippen LogP) is -0.0898. The van der Waals surface area contributed by atoms with Gasteiger partial charge < -0.3 is 15.8 Å². The summed E-state index contributed by atoms with van der Waals surface area (Å²) in [6, 6.07) is 3.71. The lowest BCUT2D eigenvalue weighted by Crippen LogP contribution is -2.36. The van der Waals surface area contributed by atoms with Crippen LogP contribution in [0.15, 0.2) is 18.3 Å². The van der Waals surface area contributed by atoms with Gasteiger partial charge in [0, 0.05) is 26.4 Å². The number of ether oxygens (including phenoxy) is 1. The molecule has 7 heteroatoms. The number of carbonyl (C=O) groups excluding carboxylic acids is 1. The molecule has 0 fully saturated rings. The second-order valence-electron chi connectivity index (χ2n) is 4.43. The van der Waals surface area contributed by atoms with Crippen molar-refractivity contribution < 1.29 is 9.53 Å². The molecule has 6 nitrogen and oxygen atoms in total. The molecule has 0 aliphatic rings. The van der Waals surface area contributed by atoms with Crippen molar-refractivity contribution in [2.75, 3.05) is 33.9 Å². The minimum absolute atomic E-state index is 0.0341. The van der Waals surface area contributed by atoms with Gasteiger partial charge in [-0.3, -0.25) is 14.7 Å². The van der Waals surface area contributed by atoms with Crippen molar-refractivity contribution in [1.82, 2.24) is 15.2 Å². The van der Waals surface area contributed by atoms with E-state index in [9.17, 15) is 4.79 Å². The second-order valence-corrected chi connectivity index (χ2v) is 4.87. The Kier molecular flexibility index (Phi) is 7.06. The van der Waals surface area contributed by atoms with E-state index in [2.05, 4.69) is 10.3 Å². The number of thiocarbonyl (C=S) groups is 1. The number of methoxy groups -OCH3 is 1. The Morgan fingerprint density at radius 3 is 3.00 bits per heavy atom. The van der Waals surface area contributed by atoms with Crippen molar-refractivity contribution in [1.29, 1.82) is 0 Å². The van der Waals surface area contributed by atoms with E-state index < -0.39 is 0 Å². The lowest BCUT2D eigenvalue weighted by Gasteiger charge is -2.16.